The molecule has 0 fully saturated rings. The molecule has 2 heterocycles. The molecular weight excluding hydrogens is 279 g/mol. The van der Waals surface area contributed by atoms with Gasteiger partial charge in [-0.3, -0.25) is 4.98 Å². The van der Waals surface area contributed by atoms with Crippen molar-refractivity contribution in [2.45, 2.75) is 6.92 Å². The van der Waals surface area contributed by atoms with Crippen molar-refractivity contribution in [3.8, 4) is 0 Å². The van der Waals surface area contributed by atoms with Crippen molar-refractivity contribution in [1.82, 2.24) is 15.0 Å². The monoisotopic (exact) mass is 286 g/mol. The van der Waals surface area contributed by atoms with Gasteiger partial charge in [0.1, 0.15) is 11.6 Å². The largest absolute Gasteiger partial charge is 0.383 e. The fourth-order valence-corrected chi connectivity index (χ4v) is 1.72. The van der Waals surface area contributed by atoms with Gasteiger partial charge in [0.25, 0.3) is 0 Å². The number of hydrogen-bond acceptors (Lipinski definition) is 4. The summed E-state index contributed by atoms with van der Waals surface area (Å²) in [6, 6.07) is 0. The fourth-order valence-electron chi connectivity index (χ4n) is 1.15. The van der Waals surface area contributed by atoms with Gasteiger partial charge in [-0.05, 0) is 29.5 Å². The molecule has 5 heteroatoms. The number of nitrogen functional groups attached to an aromatic ring is 1. The van der Waals surface area contributed by atoms with Gasteiger partial charge in [-0.2, -0.15) is 0 Å². The molecule has 0 aromatic carbocycles. The van der Waals surface area contributed by atoms with Gasteiger partial charge >= 0.3 is 0 Å². The number of nitrogens with two attached hydrogens (primary N) is 1. The van der Waals surface area contributed by atoms with Gasteiger partial charge in [0.15, 0.2) is 0 Å². The Kier molecular flexibility index (Phi) is 2.03. The van der Waals surface area contributed by atoms with Crippen molar-refractivity contribution >= 4 is 39.3 Å². The summed E-state index contributed by atoms with van der Waals surface area (Å²) in [6.45, 7) is 1.83. The summed E-state index contributed by atoms with van der Waals surface area (Å²) in [5.41, 5.74) is 6.61. The highest BCUT2D eigenvalue weighted by molar-refractivity contribution is 14.1. The predicted molar refractivity (Wildman–Crippen MR) is 59.2 cm³/mol. The minimum absolute atomic E-state index is 0.494. The Labute approximate surface area is 88.7 Å². The zero-order chi connectivity index (χ0) is 9.42. The number of halogens is 1. The smallest absolute Gasteiger partial charge is 0.136 e. The molecule has 0 saturated carbocycles. The Bertz CT molecular complexity index is 469. The summed E-state index contributed by atoms with van der Waals surface area (Å²) in [4.78, 5) is 12.4. The third-order valence-electron chi connectivity index (χ3n) is 1.70. The summed E-state index contributed by atoms with van der Waals surface area (Å²) in [5.74, 6) is 1.18. The molecule has 13 heavy (non-hydrogen) atoms. The molecule has 0 spiro atoms. The van der Waals surface area contributed by atoms with Crippen molar-refractivity contribution in [2.75, 3.05) is 5.73 Å². The highest BCUT2D eigenvalue weighted by atomic mass is 127. The SMILES string of the molecule is Cc1nc(N)c2cncc(I)c2n1. The van der Waals surface area contributed by atoms with Gasteiger partial charge in [0.05, 0.1) is 14.5 Å². The predicted octanol–water partition coefficient (Wildman–Crippen LogP) is 1.52. The first-order valence-electron chi connectivity index (χ1n) is 3.72. The highest BCUT2D eigenvalue weighted by Crippen LogP contribution is 2.20. The number of rotatable bonds is 0. The molecule has 0 radical (unpaired) electrons. The van der Waals surface area contributed by atoms with E-state index in [9.17, 15) is 0 Å². The van der Waals surface area contributed by atoms with Gasteiger partial charge in [0, 0.05) is 12.4 Å². The first-order valence-corrected chi connectivity index (χ1v) is 4.79. The van der Waals surface area contributed by atoms with Crippen LogP contribution in [0.5, 0.6) is 0 Å². The standard InChI is InChI=1S/C8H7IN4/c1-4-12-7-5(8(10)13-4)2-11-3-6(7)9/h2-3H,1H3,(H2,10,12,13). The van der Waals surface area contributed by atoms with E-state index in [0.717, 1.165) is 14.5 Å². The zero-order valence-electron chi connectivity index (χ0n) is 6.95. The van der Waals surface area contributed by atoms with E-state index >= 15 is 0 Å². The Morgan fingerprint density at radius 2 is 2.08 bits per heavy atom. The molecule has 0 aliphatic carbocycles. The average molecular weight is 286 g/mol. The average Bonchev–Trinajstić information content (AvgIpc) is 2.07. The number of fused-ring (bicyclic) bond motifs is 1. The molecule has 0 unspecified atom stereocenters. The van der Waals surface area contributed by atoms with E-state index in [1.165, 1.54) is 0 Å². The minimum atomic E-state index is 0.494. The maximum absolute atomic E-state index is 5.73. The molecule has 4 nitrogen and oxygen atoms in total. The Morgan fingerprint density at radius 3 is 2.85 bits per heavy atom. The molecule has 66 valence electrons. The van der Waals surface area contributed by atoms with Crippen molar-refractivity contribution in [1.29, 1.82) is 0 Å². The minimum Gasteiger partial charge on any atom is -0.383 e. The molecule has 0 atom stereocenters. The van der Waals surface area contributed by atoms with Crippen LogP contribution in [0.4, 0.5) is 5.82 Å². The summed E-state index contributed by atoms with van der Waals surface area (Å²) in [5, 5.41) is 0.817. The molecule has 0 saturated heterocycles. The van der Waals surface area contributed by atoms with Crippen molar-refractivity contribution in [3.05, 3.63) is 21.8 Å². The van der Waals surface area contributed by atoms with Gasteiger partial charge in [-0.15, -0.1) is 0 Å². The molecule has 0 amide bonds. The van der Waals surface area contributed by atoms with Gasteiger partial charge in [-0.1, -0.05) is 0 Å². The molecule has 2 N–H and O–H groups in total. The molecule has 0 aliphatic rings. The van der Waals surface area contributed by atoms with Gasteiger partial charge < -0.3 is 5.73 Å². The van der Waals surface area contributed by atoms with Crippen LogP contribution in [0.25, 0.3) is 10.9 Å². The molecular formula is C8H7IN4. The number of aromatic nitrogens is 3. The van der Waals surface area contributed by atoms with Crippen LogP contribution in [-0.2, 0) is 0 Å². The van der Waals surface area contributed by atoms with Crippen LogP contribution < -0.4 is 5.73 Å². The normalized spacial score (nSPS) is 10.6. The lowest BCUT2D eigenvalue weighted by molar-refractivity contribution is 1.09. The Balaban J connectivity index is 2.94. The highest BCUT2D eigenvalue weighted by Gasteiger charge is 2.05. The van der Waals surface area contributed by atoms with Crippen LogP contribution in [-0.4, -0.2) is 15.0 Å². The Hall–Kier alpha value is -0.980. The van der Waals surface area contributed by atoms with Crippen LogP contribution in [0.3, 0.4) is 0 Å². The molecule has 0 aliphatic heterocycles. The first-order chi connectivity index (χ1) is 6.18. The molecule has 2 rings (SSSR count). The number of pyridine rings is 1. The second-order valence-corrected chi connectivity index (χ2v) is 3.84. The maximum Gasteiger partial charge on any atom is 0.136 e. The third-order valence-corrected chi connectivity index (χ3v) is 2.49. The van der Waals surface area contributed by atoms with E-state index in [4.69, 9.17) is 5.73 Å². The lowest BCUT2D eigenvalue weighted by Gasteiger charge is -2.02. The van der Waals surface area contributed by atoms with Crippen LogP contribution in [0.1, 0.15) is 5.82 Å². The summed E-state index contributed by atoms with van der Waals surface area (Å²) in [6.07, 6.45) is 3.45. The van der Waals surface area contributed by atoms with E-state index in [1.54, 1.807) is 12.4 Å². The third kappa shape index (κ3) is 1.43. The second kappa shape index (κ2) is 3.06. The van der Waals surface area contributed by atoms with Crippen molar-refractivity contribution in [2.24, 2.45) is 0 Å². The molecule has 0 bridgehead atoms. The van der Waals surface area contributed by atoms with Gasteiger partial charge in [0.2, 0.25) is 0 Å². The number of hydrogen-bond donors (Lipinski definition) is 1. The van der Waals surface area contributed by atoms with Crippen LogP contribution in [0.15, 0.2) is 12.4 Å². The van der Waals surface area contributed by atoms with Crippen LogP contribution >= 0.6 is 22.6 Å². The van der Waals surface area contributed by atoms with Crippen LogP contribution in [0, 0.1) is 10.5 Å². The summed E-state index contributed by atoms with van der Waals surface area (Å²) >= 11 is 2.18. The van der Waals surface area contributed by atoms with Crippen molar-refractivity contribution in [3.63, 3.8) is 0 Å². The maximum atomic E-state index is 5.73. The van der Waals surface area contributed by atoms with E-state index in [-0.39, 0.29) is 0 Å². The number of aryl methyl sites for hydroxylation is 1. The molecule has 2 aromatic rings. The van der Waals surface area contributed by atoms with E-state index < -0.39 is 0 Å². The lowest BCUT2D eigenvalue weighted by Crippen LogP contribution is -1.98. The summed E-state index contributed by atoms with van der Waals surface area (Å²) in [7, 11) is 0. The number of nitrogens with zero attached hydrogens (tertiary/aromatic N) is 3. The zero-order valence-corrected chi connectivity index (χ0v) is 9.11. The van der Waals surface area contributed by atoms with E-state index in [1.807, 2.05) is 6.92 Å². The topological polar surface area (TPSA) is 64.7 Å². The van der Waals surface area contributed by atoms with Gasteiger partial charge in [-0.25, -0.2) is 9.97 Å². The second-order valence-electron chi connectivity index (χ2n) is 2.67. The van der Waals surface area contributed by atoms with E-state index in [2.05, 4.69) is 37.5 Å². The van der Waals surface area contributed by atoms with Crippen molar-refractivity contribution < 1.29 is 0 Å². The molecule has 2 aromatic heterocycles. The lowest BCUT2D eigenvalue weighted by atomic mass is 10.3. The Morgan fingerprint density at radius 1 is 1.31 bits per heavy atom. The quantitative estimate of drug-likeness (QED) is 0.746. The summed E-state index contributed by atoms with van der Waals surface area (Å²) < 4.78 is 0.993. The fraction of sp³-hybridized carbons (Fsp3) is 0.125. The van der Waals surface area contributed by atoms with Crippen LogP contribution in [0.2, 0.25) is 0 Å². The number of anilines is 1. The van der Waals surface area contributed by atoms with E-state index in [0.29, 0.717) is 11.6 Å². The first kappa shape index (κ1) is 8.61.